The number of hydrogen-bond donors (Lipinski definition) is 1. The number of nitrogens with one attached hydrogen (secondary N) is 1. The van der Waals surface area contributed by atoms with E-state index in [2.05, 4.69) is 20.9 Å². The molecule has 1 heterocycles. The van der Waals surface area contributed by atoms with E-state index in [-0.39, 0.29) is 22.9 Å². The van der Waals surface area contributed by atoms with Crippen LogP contribution in [0.5, 0.6) is 0 Å². The second-order valence-corrected chi connectivity index (χ2v) is 5.54. The molecule has 0 saturated carbocycles. The van der Waals surface area contributed by atoms with E-state index in [4.69, 9.17) is 0 Å². The van der Waals surface area contributed by atoms with E-state index in [0.29, 0.717) is 0 Å². The van der Waals surface area contributed by atoms with Crippen molar-refractivity contribution in [2.24, 2.45) is 0 Å². The van der Waals surface area contributed by atoms with Crippen LogP contribution in [-0.4, -0.2) is 21.4 Å². The van der Waals surface area contributed by atoms with Crippen LogP contribution in [0.3, 0.4) is 0 Å². The molecule has 0 amide bonds. The molecule has 0 spiro atoms. The lowest BCUT2D eigenvalue weighted by atomic mass is 10.3. The molecular formula is C12H9BrN2O3S. The summed E-state index contributed by atoms with van der Waals surface area (Å²) in [6.45, 7) is 0. The number of carbonyl (C=O) groups excluding carboxylic acids is 1. The van der Waals surface area contributed by atoms with Crippen LogP contribution in [0.2, 0.25) is 0 Å². The zero-order valence-electron chi connectivity index (χ0n) is 9.63. The molecule has 0 fully saturated rings. The van der Waals surface area contributed by atoms with Gasteiger partial charge >= 0.3 is 0 Å². The number of nitrogens with zero attached hydrogens (tertiary/aromatic N) is 1. The first kappa shape index (κ1) is 13.8. The van der Waals surface area contributed by atoms with Crippen molar-refractivity contribution in [3.63, 3.8) is 0 Å². The Morgan fingerprint density at radius 3 is 2.79 bits per heavy atom. The van der Waals surface area contributed by atoms with Crippen LogP contribution in [0.4, 0.5) is 5.69 Å². The summed E-state index contributed by atoms with van der Waals surface area (Å²) in [4.78, 5) is 25.4. The number of halogens is 1. The predicted molar refractivity (Wildman–Crippen MR) is 76.6 cm³/mol. The normalized spacial score (nSPS) is 10.4. The summed E-state index contributed by atoms with van der Waals surface area (Å²) in [7, 11) is 0. The van der Waals surface area contributed by atoms with Crippen LogP contribution in [-0.2, 0) is 0 Å². The summed E-state index contributed by atoms with van der Waals surface area (Å²) in [5, 5.41) is 10.5. The van der Waals surface area contributed by atoms with Crippen LogP contribution >= 0.6 is 27.7 Å². The molecule has 7 heteroatoms. The lowest BCUT2D eigenvalue weighted by Crippen LogP contribution is -2.02. The molecule has 0 saturated heterocycles. The molecule has 1 aromatic heterocycles. The van der Waals surface area contributed by atoms with E-state index in [1.165, 1.54) is 24.0 Å². The molecule has 0 bridgehead atoms. The summed E-state index contributed by atoms with van der Waals surface area (Å²) in [6, 6.07) is 8.83. The summed E-state index contributed by atoms with van der Waals surface area (Å²) in [5.41, 5.74) is 0.153. The number of Topliss-reactive ketones (excluding diaryl/α,β-unsaturated/α-hetero) is 1. The number of aromatic amines is 1. The maximum Gasteiger partial charge on any atom is 0.287 e. The van der Waals surface area contributed by atoms with E-state index in [9.17, 15) is 14.9 Å². The van der Waals surface area contributed by atoms with Crippen molar-refractivity contribution in [1.82, 2.24) is 4.98 Å². The van der Waals surface area contributed by atoms with Gasteiger partial charge in [0, 0.05) is 15.4 Å². The maximum atomic E-state index is 11.9. The SMILES string of the molecule is O=C(CSc1ccccc1Br)c1cc([N+](=O)[O-])c[nH]1. The molecule has 0 aliphatic rings. The van der Waals surface area contributed by atoms with E-state index >= 15 is 0 Å². The summed E-state index contributed by atoms with van der Waals surface area (Å²) >= 11 is 4.78. The zero-order chi connectivity index (χ0) is 13.8. The van der Waals surface area contributed by atoms with E-state index in [0.717, 1.165) is 9.37 Å². The number of carbonyl (C=O) groups is 1. The Morgan fingerprint density at radius 1 is 1.42 bits per heavy atom. The van der Waals surface area contributed by atoms with Gasteiger partial charge in [-0.2, -0.15) is 0 Å². The number of aromatic nitrogens is 1. The van der Waals surface area contributed by atoms with Gasteiger partial charge < -0.3 is 4.98 Å². The highest BCUT2D eigenvalue weighted by molar-refractivity contribution is 9.10. The van der Waals surface area contributed by atoms with Gasteiger partial charge in [0.15, 0.2) is 5.78 Å². The minimum Gasteiger partial charge on any atom is -0.353 e. The number of hydrogen-bond acceptors (Lipinski definition) is 4. The fourth-order valence-corrected chi connectivity index (χ4v) is 2.88. The molecule has 2 rings (SSSR count). The van der Waals surface area contributed by atoms with E-state index < -0.39 is 4.92 Å². The molecule has 2 aromatic rings. The highest BCUT2D eigenvalue weighted by Gasteiger charge is 2.14. The number of thioether (sulfide) groups is 1. The van der Waals surface area contributed by atoms with Crippen LogP contribution in [0.1, 0.15) is 10.5 Å². The van der Waals surface area contributed by atoms with Crippen molar-refractivity contribution >= 4 is 39.2 Å². The first-order valence-electron chi connectivity index (χ1n) is 5.31. The Bertz CT molecular complexity index is 627. The van der Waals surface area contributed by atoms with Crippen LogP contribution in [0.15, 0.2) is 45.9 Å². The maximum absolute atomic E-state index is 11.9. The molecule has 0 aliphatic heterocycles. The quantitative estimate of drug-likeness (QED) is 0.390. The Morgan fingerprint density at radius 2 is 2.16 bits per heavy atom. The van der Waals surface area contributed by atoms with Crippen molar-refractivity contribution in [3.05, 3.63) is 56.8 Å². The van der Waals surface area contributed by atoms with Crippen molar-refractivity contribution in [2.45, 2.75) is 4.90 Å². The Balaban J connectivity index is 2.01. The average Bonchev–Trinajstić information content (AvgIpc) is 2.87. The topological polar surface area (TPSA) is 76.0 Å². The Labute approximate surface area is 121 Å². The number of benzene rings is 1. The molecule has 0 unspecified atom stereocenters. The Kier molecular flexibility index (Phi) is 4.39. The zero-order valence-corrected chi connectivity index (χ0v) is 12.0. The fourth-order valence-electron chi connectivity index (χ4n) is 1.43. The van der Waals surface area contributed by atoms with Crippen LogP contribution in [0.25, 0.3) is 0 Å². The first-order valence-corrected chi connectivity index (χ1v) is 7.09. The molecule has 1 N–H and O–H groups in total. The van der Waals surface area contributed by atoms with Gasteiger partial charge in [-0.05, 0) is 28.1 Å². The van der Waals surface area contributed by atoms with Gasteiger partial charge in [0.25, 0.3) is 5.69 Å². The fraction of sp³-hybridized carbons (Fsp3) is 0.0833. The highest BCUT2D eigenvalue weighted by Crippen LogP contribution is 2.27. The monoisotopic (exact) mass is 340 g/mol. The van der Waals surface area contributed by atoms with Crippen molar-refractivity contribution in [1.29, 1.82) is 0 Å². The lowest BCUT2D eigenvalue weighted by Gasteiger charge is -2.02. The van der Waals surface area contributed by atoms with E-state index in [1.54, 1.807) is 0 Å². The smallest absolute Gasteiger partial charge is 0.287 e. The van der Waals surface area contributed by atoms with Gasteiger partial charge in [-0.25, -0.2) is 0 Å². The molecule has 98 valence electrons. The van der Waals surface area contributed by atoms with Gasteiger partial charge in [0.05, 0.1) is 22.6 Å². The second kappa shape index (κ2) is 6.03. The second-order valence-electron chi connectivity index (χ2n) is 3.67. The number of H-pyrrole nitrogens is 1. The average molecular weight is 341 g/mol. The summed E-state index contributed by atoms with van der Waals surface area (Å²) in [6.07, 6.45) is 1.22. The number of ketones is 1. The first-order chi connectivity index (χ1) is 9.08. The standard InChI is InChI=1S/C12H9BrN2O3S/c13-9-3-1-2-4-12(9)19-7-11(16)10-5-8(6-14-10)15(17)18/h1-6,14H,7H2. The van der Waals surface area contributed by atoms with Crippen molar-refractivity contribution in [3.8, 4) is 0 Å². The molecule has 0 aliphatic carbocycles. The molecule has 19 heavy (non-hydrogen) atoms. The van der Waals surface area contributed by atoms with Crippen molar-refractivity contribution in [2.75, 3.05) is 5.75 Å². The minimum atomic E-state index is -0.534. The highest BCUT2D eigenvalue weighted by atomic mass is 79.9. The van der Waals surface area contributed by atoms with Gasteiger partial charge in [-0.3, -0.25) is 14.9 Å². The third-order valence-electron chi connectivity index (χ3n) is 2.37. The van der Waals surface area contributed by atoms with Gasteiger partial charge in [-0.15, -0.1) is 11.8 Å². The third kappa shape index (κ3) is 3.45. The Hall–Kier alpha value is -1.60. The van der Waals surface area contributed by atoms with Gasteiger partial charge in [-0.1, -0.05) is 12.1 Å². The lowest BCUT2D eigenvalue weighted by molar-refractivity contribution is -0.384. The van der Waals surface area contributed by atoms with Crippen molar-refractivity contribution < 1.29 is 9.72 Å². The number of nitro groups is 1. The molecular weight excluding hydrogens is 332 g/mol. The third-order valence-corrected chi connectivity index (χ3v) is 4.40. The van der Waals surface area contributed by atoms with Gasteiger partial charge in [0.1, 0.15) is 0 Å². The minimum absolute atomic E-state index is 0.103. The largest absolute Gasteiger partial charge is 0.353 e. The molecule has 1 aromatic carbocycles. The molecule has 0 atom stereocenters. The van der Waals surface area contributed by atoms with Gasteiger partial charge in [0.2, 0.25) is 0 Å². The molecule has 5 nitrogen and oxygen atoms in total. The van der Waals surface area contributed by atoms with E-state index in [1.807, 2.05) is 24.3 Å². The number of rotatable bonds is 5. The summed E-state index contributed by atoms with van der Waals surface area (Å²) < 4.78 is 0.922. The van der Waals surface area contributed by atoms with Crippen LogP contribution < -0.4 is 0 Å². The predicted octanol–water partition coefficient (Wildman–Crippen LogP) is 3.66. The molecule has 0 radical (unpaired) electrons. The summed E-state index contributed by atoms with van der Waals surface area (Å²) in [5.74, 6) is 0.0501. The van der Waals surface area contributed by atoms with Crippen LogP contribution in [0, 0.1) is 10.1 Å².